The molecule has 2 rings (SSSR count). The maximum Gasteiger partial charge on any atom is 0.313 e. The van der Waals surface area contributed by atoms with Gasteiger partial charge < -0.3 is 29.6 Å². The molecule has 3 N–H and O–H groups in total. The van der Waals surface area contributed by atoms with Crippen molar-refractivity contribution in [3.8, 4) is 11.5 Å². The molecule has 8 heteroatoms. The molecule has 26 heavy (non-hydrogen) atoms. The quantitative estimate of drug-likeness (QED) is 0.641. The molecule has 2 aromatic rings. The van der Waals surface area contributed by atoms with Crippen LogP contribution in [0.3, 0.4) is 0 Å². The molecule has 0 fully saturated rings. The number of nitrogens with one attached hydrogen (secondary N) is 2. The maximum absolute atomic E-state index is 12.1. The first-order chi connectivity index (χ1) is 12.3. The fourth-order valence-electron chi connectivity index (χ4n) is 2.29. The van der Waals surface area contributed by atoms with Crippen LogP contribution in [0.15, 0.2) is 41.0 Å². The van der Waals surface area contributed by atoms with Crippen LogP contribution in [0.2, 0.25) is 0 Å². The molecule has 0 aliphatic heterocycles. The lowest BCUT2D eigenvalue weighted by atomic mass is 10.0. The van der Waals surface area contributed by atoms with Crippen molar-refractivity contribution >= 4 is 17.5 Å². The van der Waals surface area contributed by atoms with E-state index >= 15 is 0 Å². The average Bonchev–Trinajstić information content (AvgIpc) is 3.11. The van der Waals surface area contributed by atoms with Crippen LogP contribution in [0.25, 0.3) is 0 Å². The first-order valence-corrected chi connectivity index (χ1v) is 7.90. The van der Waals surface area contributed by atoms with Crippen molar-refractivity contribution in [1.29, 1.82) is 0 Å². The van der Waals surface area contributed by atoms with Crippen LogP contribution in [-0.2, 0) is 16.0 Å². The topological polar surface area (TPSA) is 110 Å². The van der Waals surface area contributed by atoms with E-state index in [9.17, 15) is 14.7 Å². The number of ether oxygens (including phenoxy) is 2. The standard InChI is InChI=1S/C18H22N2O6/c1-18(23,10-13-5-4-8-26-13)11-19-16(21)17(22)20-14-9-12(24-2)6-7-15(14)25-3/h4-9,23H,10-11H2,1-3H3,(H,19,21)(H,20,22). The highest BCUT2D eigenvalue weighted by molar-refractivity contribution is 6.39. The van der Waals surface area contributed by atoms with Crippen molar-refractivity contribution in [1.82, 2.24) is 5.32 Å². The summed E-state index contributed by atoms with van der Waals surface area (Å²) in [5, 5.41) is 15.2. The highest BCUT2D eigenvalue weighted by Crippen LogP contribution is 2.28. The van der Waals surface area contributed by atoms with Crippen molar-refractivity contribution in [2.45, 2.75) is 18.9 Å². The molecule has 8 nitrogen and oxygen atoms in total. The van der Waals surface area contributed by atoms with Gasteiger partial charge in [-0.1, -0.05) is 0 Å². The van der Waals surface area contributed by atoms with E-state index in [0.29, 0.717) is 22.9 Å². The van der Waals surface area contributed by atoms with Crippen LogP contribution in [0.4, 0.5) is 5.69 Å². The third-order valence-corrected chi connectivity index (χ3v) is 3.63. The molecule has 1 aromatic heterocycles. The highest BCUT2D eigenvalue weighted by Gasteiger charge is 2.25. The number of hydrogen-bond acceptors (Lipinski definition) is 6. The molecular weight excluding hydrogens is 340 g/mol. The highest BCUT2D eigenvalue weighted by atomic mass is 16.5. The summed E-state index contributed by atoms with van der Waals surface area (Å²) in [7, 11) is 2.94. The minimum Gasteiger partial charge on any atom is -0.497 e. The fourth-order valence-corrected chi connectivity index (χ4v) is 2.29. The molecule has 0 bridgehead atoms. The second-order valence-electron chi connectivity index (χ2n) is 5.96. The summed E-state index contributed by atoms with van der Waals surface area (Å²) >= 11 is 0. The molecule has 1 atom stereocenters. The minimum absolute atomic E-state index is 0.116. The zero-order valence-corrected chi connectivity index (χ0v) is 14.9. The number of carbonyl (C=O) groups excluding carboxylic acids is 2. The van der Waals surface area contributed by atoms with Gasteiger partial charge in [-0.05, 0) is 31.2 Å². The molecule has 0 radical (unpaired) electrons. The molecule has 0 spiro atoms. The van der Waals surface area contributed by atoms with Crippen LogP contribution in [0.1, 0.15) is 12.7 Å². The second kappa shape index (κ2) is 8.39. The first-order valence-electron chi connectivity index (χ1n) is 7.90. The Morgan fingerprint density at radius 2 is 1.96 bits per heavy atom. The number of aliphatic hydroxyl groups is 1. The van der Waals surface area contributed by atoms with Gasteiger partial charge in [0.25, 0.3) is 0 Å². The van der Waals surface area contributed by atoms with Crippen molar-refractivity contribution in [3.63, 3.8) is 0 Å². The van der Waals surface area contributed by atoms with Crippen molar-refractivity contribution in [2.24, 2.45) is 0 Å². The average molecular weight is 362 g/mol. The Kier molecular flexibility index (Phi) is 6.24. The Hall–Kier alpha value is -3.00. The Morgan fingerprint density at radius 1 is 1.19 bits per heavy atom. The Morgan fingerprint density at radius 3 is 2.58 bits per heavy atom. The lowest BCUT2D eigenvalue weighted by molar-refractivity contribution is -0.136. The van der Waals surface area contributed by atoms with Gasteiger partial charge in [0.2, 0.25) is 0 Å². The summed E-state index contributed by atoms with van der Waals surface area (Å²) in [4.78, 5) is 24.1. The van der Waals surface area contributed by atoms with Gasteiger partial charge in [0, 0.05) is 19.0 Å². The summed E-state index contributed by atoms with van der Waals surface area (Å²) in [5.74, 6) is -0.297. The summed E-state index contributed by atoms with van der Waals surface area (Å²) in [5.41, 5.74) is -0.962. The Balaban J connectivity index is 1.94. The van der Waals surface area contributed by atoms with Crippen LogP contribution < -0.4 is 20.1 Å². The zero-order valence-electron chi connectivity index (χ0n) is 14.9. The van der Waals surface area contributed by atoms with Gasteiger partial charge in [0.15, 0.2) is 0 Å². The Labute approximate surface area is 151 Å². The lowest BCUT2D eigenvalue weighted by Crippen LogP contribution is -2.45. The van der Waals surface area contributed by atoms with E-state index in [1.807, 2.05) is 0 Å². The Bertz CT molecular complexity index is 755. The smallest absolute Gasteiger partial charge is 0.313 e. The molecular formula is C18H22N2O6. The van der Waals surface area contributed by atoms with Gasteiger partial charge in [-0.15, -0.1) is 0 Å². The summed E-state index contributed by atoms with van der Waals surface area (Å²) < 4.78 is 15.4. The largest absolute Gasteiger partial charge is 0.497 e. The number of anilines is 1. The van der Waals surface area contributed by atoms with Gasteiger partial charge in [0.1, 0.15) is 17.3 Å². The predicted octanol–water partition coefficient (Wildman–Crippen LogP) is 1.35. The minimum atomic E-state index is -1.26. The fraction of sp³-hybridized carbons (Fsp3) is 0.333. The van der Waals surface area contributed by atoms with Crippen LogP contribution in [-0.4, -0.2) is 43.3 Å². The molecule has 2 amide bonds. The first kappa shape index (κ1) is 19.3. The van der Waals surface area contributed by atoms with E-state index in [-0.39, 0.29) is 13.0 Å². The van der Waals surface area contributed by atoms with E-state index in [0.717, 1.165) is 0 Å². The van der Waals surface area contributed by atoms with E-state index in [1.54, 1.807) is 31.2 Å². The summed E-state index contributed by atoms with van der Waals surface area (Å²) in [6.45, 7) is 1.42. The second-order valence-corrected chi connectivity index (χ2v) is 5.96. The number of hydrogen-bond donors (Lipinski definition) is 3. The molecule has 0 aliphatic rings. The number of carbonyl (C=O) groups is 2. The zero-order chi connectivity index (χ0) is 19.2. The van der Waals surface area contributed by atoms with E-state index < -0.39 is 17.4 Å². The van der Waals surface area contributed by atoms with Crippen LogP contribution >= 0.6 is 0 Å². The maximum atomic E-state index is 12.1. The van der Waals surface area contributed by atoms with Gasteiger partial charge in [-0.25, -0.2) is 0 Å². The van der Waals surface area contributed by atoms with E-state index in [4.69, 9.17) is 13.9 Å². The van der Waals surface area contributed by atoms with Gasteiger partial charge in [-0.3, -0.25) is 9.59 Å². The van der Waals surface area contributed by atoms with E-state index in [2.05, 4.69) is 10.6 Å². The molecule has 0 saturated heterocycles. The van der Waals surface area contributed by atoms with Crippen molar-refractivity contribution < 1.29 is 28.6 Å². The normalized spacial score (nSPS) is 12.8. The SMILES string of the molecule is COc1ccc(OC)c(NC(=O)C(=O)NCC(C)(O)Cc2ccco2)c1. The molecule has 0 aliphatic carbocycles. The lowest BCUT2D eigenvalue weighted by Gasteiger charge is -2.22. The molecule has 1 aromatic carbocycles. The summed E-state index contributed by atoms with van der Waals surface area (Å²) in [6.07, 6.45) is 1.70. The van der Waals surface area contributed by atoms with Crippen LogP contribution in [0, 0.1) is 0 Å². The van der Waals surface area contributed by atoms with Crippen molar-refractivity contribution in [3.05, 3.63) is 42.4 Å². The summed E-state index contributed by atoms with van der Waals surface area (Å²) in [6, 6.07) is 8.25. The third kappa shape index (κ3) is 5.25. The number of methoxy groups -OCH3 is 2. The third-order valence-electron chi connectivity index (χ3n) is 3.63. The predicted molar refractivity (Wildman–Crippen MR) is 94.2 cm³/mol. The van der Waals surface area contributed by atoms with Gasteiger partial charge >= 0.3 is 11.8 Å². The number of amides is 2. The molecule has 0 saturated carbocycles. The van der Waals surface area contributed by atoms with Gasteiger partial charge in [0.05, 0.1) is 31.8 Å². The number of furan rings is 1. The number of rotatable bonds is 7. The van der Waals surface area contributed by atoms with E-state index in [1.165, 1.54) is 26.5 Å². The molecule has 140 valence electrons. The molecule has 1 unspecified atom stereocenters. The monoisotopic (exact) mass is 362 g/mol. The van der Waals surface area contributed by atoms with Gasteiger partial charge in [-0.2, -0.15) is 0 Å². The van der Waals surface area contributed by atoms with Crippen LogP contribution in [0.5, 0.6) is 11.5 Å². The number of benzene rings is 1. The van der Waals surface area contributed by atoms with Crippen molar-refractivity contribution in [2.75, 3.05) is 26.1 Å². The molecule has 1 heterocycles.